The monoisotopic (exact) mass is 210 g/mol. The number of hydrogen-bond acceptors (Lipinski definition) is 0. The lowest BCUT2D eigenvalue weighted by Gasteiger charge is -2.23. The number of hydrogen-bond donors (Lipinski definition) is 0. The summed E-state index contributed by atoms with van der Waals surface area (Å²) in [6.45, 7) is 17.8. The molecule has 0 bridgehead atoms. The third-order valence-corrected chi connectivity index (χ3v) is 4.63. The molecule has 82 valence electrons. The smallest absolute Gasteiger partial charge is 0.0727 e. The molecule has 0 nitrogen and oxygen atoms in total. The second kappa shape index (κ2) is 6.23. The Kier molecular flexibility index (Phi) is 6.10. The molecular formula is C13H26Si. The minimum absolute atomic E-state index is 0.201. The summed E-state index contributed by atoms with van der Waals surface area (Å²) >= 11 is 0. The van der Waals surface area contributed by atoms with E-state index in [1.807, 2.05) is 0 Å². The van der Waals surface area contributed by atoms with Crippen molar-refractivity contribution in [1.29, 1.82) is 0 Å². The molecule has 0 N–H and O–H groups in total. The minimum Gasteiger partial charge on any atom is -0.107 e. The fourth-order valence-electron chi connectivity index (χ4n) is 2.25. The molecule has 14 heavy (non-hydrogen) atoms. The molecule has 0 aliphatic rings. The Bertz CT molecular complexity index is 199. The summed E-state index contributed by atoms with van der Waals surface area (Å²) in [5.74, 6) is 2.10. The Labute approximate surface area is 92.3 Å². The Morgan fingerprint density at radius 1 is 0.929 bits per heavy atom. The van der Waals surface area contributed by atoms with Crippen molar-refractivity contribution in [2.24, 2.45) is 17.8 Å². The van der Waals surface area contributed by atoms with Gasteiger partial charge in [-0.3, -0.25) is 0 Å². The maximum absolute atomic E-state index is 3.91. The first kappa shape index (κ1) is 13.7. The lowest BCUT2D eigenvalue weighted by molar-refractivity contribution is 0.602. The number of rotatable bonds is 5. The molecule has 0 radical (unpaired) electrons. The summed E-state index contributed by atoms with van der Waals surface area (Å²) in [5, 5.41) is 1.73. The fourth-order valence-corrected chi connectivity index (χ4v) is 4.09. The van der Waals surface area contributed by atoms with Gasteiger partial charge in [0.25, 0.3) is 0 Å². The molecule has 0 spiro atoms. The van der Waals surface area contributed by atoms with Crippen LogP contribution in [0, 0.1) is 17.8 Å². The van der Waals surface area contributed by atoms with Crippen molar-refractivity contribution in [3.8, 4) is 0 Å². The Morgan fingerprint density at radius 2 is 1.36 bits per heavy atom. The van der Waals surface area contributed by atoms with Gasteiger partial charge in [0.1, 0.15) is 0 Å². The van der Waals surface area contributed by atoms with E-state index >= 15 is 0 Å². The summed E-state index contributed by atoms with van der Waals surface area (Å²) in [6.07, 6.45) is 0. The molecule has 0 amide bonds. The van der Waals surface area contributed by atoms with Crippen LogP contribution in [0.25, 0.3) is 0 Å². The first-order valence-electron chi connectivity index (χ1n) is 5.75. The highest BCUT2D eigenvalue weighted by molar-refractivity contribution is 6.51. The van der Waals surface area contributed by atoms with Crippen molar-refractivity contribution in [2.75, 3.05) is 0 Å². The zero-order valence-electron chi connectivity index (χ0n) is 10.7. The lowest BCUT2D eigenvalue weighted by atomic mass is 9.89. The normalized spacial score (nSPS) is 12.1. The molecule has 0 atom stereocenters. The first-order chi connectivity index (χ1) is 6.41. The van der Waals surface area contributed by atoms with Crippen LogP contribution in [0.15, 0.2) is 23.0 Å². The Balaban J connectivity index is 5.14. The van der Waals surface area contributed by atoms with E-state index in [9.17, 15) is 0 Å². The number of allylic oxidation sites excluding steroid dienone is 2. The van der Waals surface area contributed by atoms with E-state index in [2.05, 4.69) is 53.8 Å². The van der Waals surface area contributed by atoms with Gasteiger partial charge >= 0.3 is 0 Å². The van der Waals surface area contributed by atoms with E-state index in [-0.39, 0.29) is 9.52 Å². The van der Waals surface area contributed by atoms with Gasteiger partial charge in [0.2, 0.25) is 0 Å². The zero-order chi connectivity index (χ0) is 11.3. The van der Waals surface area contributed by atoms with E-state index in [0.29, 0.717) is 17.8 Å². The van der Waals surface area contributed by atoms with Gasteiger partial charge in [-0.05, 0) is 17.8 Å². The SMILES string of the molecule is C=C[SiH2]C(=C(C(C)C)C(C)C)C(C)C. The molecule has 0 fully saturated rings. The third-order valence-electron chi connectivity index (χ3n) is 2.68. The zero-order valence-corrected chi connectivity index (χ0v) is 12.1. The van der Waals surface area contributed by atoms with Gasteiger partial charge in [-0.1, -0.05) is 52.3 Å². The van der Waals surface area contributed by atoms with Crippen molar-refractivity contribution in [1.82, 2.24) is 0 Å². The molecule has 0 aliphatic heterocycles. The second-order valence-electron chi connectivity index (χ2n) is 4.94. The molecule has 0 aromatic rings. The largest absolute Gasteiger partial charge is 0.107 e. The molecule has 0 aliphatic carbocycles. The van der Waals surface area contributed by atoms with E-state index in [1.54, 1.807) is 10.8 Å². The standard InChI is InChI=1S/C13H26Si/c1-8-14-13(11(6)7)12(9(2)3)10(4)5/h8-11H,1,14H2,2-7H3. The highest BCUT2D eigenvalue weighted by Gasteiger charge is 2.15. The summed E-state index contributed by atoms with van der Waals surface area (Å²) in [4.78, 5) is 0. The van der Waals surface area contributed by atoms with Gasteiger partial charge < -0.3 is 0 Å². The first-order valence-corrected chi connectivity index (χ1v) is 7.27. The molecule has 0 saturated heterocycles. The van der Waals surface area contributed by atoms with E-state index < -0.39 is 0 Å². The topological polar surface area (TPSA) is 0 Å². The van der Waals surface area contributed by atoms with Gasteiger partial charge in [-0.2, -0.15) is 0 Å². The van der Waals surface area contributed by atoms with Gasteiger partial charge in [0, 0.05) is 0 Å². The summed E-state index contributed by atoms with van der Waals surface area (Å²) in [5.41, 5.74) is 3.85. The second-order valence-corrected chi connectivity index (χ2v) is 6.68. The van der Waals surface area contributed by atoms with Crippen LogP contribution in [0.4, 0.5) is 0 Å². The van der Waals surface area contributed by atoms with Gasteiger partial charge in [-0.25, -0.2) is 0 Å². The Morgan fingerprint density at radius 3 is 1.57 bits per heavy atom. The molecule has 0 aromatic carbocycles. The molecule has 0 rings (SSSR count). The van der Waals surface area contributed by atoms with E-state index in [4.69, 9.17) is 0 Å². The van der Waals surface area contributed by atoms with Crippen LogP contribution >= 0.6 is 0 Å². The maximum atomic E-state index is 3.91. The molecule has 0 saturated carbocycles. The van der Waals surface area contributed by atoms with Crippen molar-refractivity contribution in [2.45, 2.75) is 41.5 Å². The van der Waals surface area contributed by atoms with Gasteiger partial charge in [0.15, 0.2) is 0 Å². The van der Waals surface area contributed by atoms with E-state index in [0.717, 1.165) is 0 Å². The van der Waals surface area contributed by atoms with Crippen LogP contribution in [0.3, 0.4) is 0 Å². The quantitative estimate of drug-likeness (QED) is 0.609. The lowest BCUT2D eigenvalue weighted by Crippen LogP contribution is -2.13. The van der Waals surface area contributed by atoms with Crippen LogP contribution in [-0.4, -0.2) is 9.52 Å². The van der Waals surface area contributed by atoms with Gasteiger partial charge in [0.05, 0.1) is 9.52 Å². The third kappa shape index (κ3) is 3.83. The highest BCUT2D eigenvalue weighted by Crippen LogP contribution is 2.27. The minimum atomic E-state index is -0.201. The maximum Gasteiger partial charge on any atom is 0.0727 e. The average molecular weight is 210 g/mol. The summed E-state index contributed by atoms with van der Waals surface area (Å²) in [7, 11) is -0.201. The van der Waals surface area contributed by atoms with E-state index in [1.165, 1.54) is 0 Å². The summed E-state index contributed by atoms with van der Waals surface area (Å²) < 4.78 is 0. The summed E-state index contributed by atoms with van der Waals surface area (Å²) in [6, 6.07) is 0. The highest BCUT2D eigenvalue weighted by atomic mass is 28.2. The van der Waals surface area contributed by atoms with Crippen LogP contribution in [0.1, 0.15) is 41.5 Å². The van der Waals surface area contributed by atoms with Crippen molar-refractivity contribution in [3.63, 3.8) is 0 Å². The molecule has 0 unspecified atom stereocenters. The van der Waals surface area contributed by atoms with Crippen molar-refractivity contribution < 1.29 is 0 Å². The van der Waals surface area contributed by atoms with Gasteiger partial charge in [-0.15, -0.1) is 12.3 Å². The van der Waals surface area contributed by atoms with Crippen molar-refractivity contribution in [3.05, 3.63) is 23.0 Å². The molecule has 0 aromatic heterocycles. The molecular weight excluding hydrogens is 184 g/mol. The predicted octanol–water partition coefficient (Wildman–Crippen LogP) is 3.52. The molecule has 1 heteroatoms. The van der Waals surface area contributed by atoms with Crippen LogP contribution in [-0.2, 0) is 0 Å². The average Bonchev–Trinajstić information content (AvgIpc) is 2.01. The van der Waals surface area contributed by atoms with Crippen LogP contribution in [0.2, 0.25) is 0 Å². The fraction of sp³-hybridized carbons (Fsp3) is 0.692. The predicted molar refractivity (Wildman–Crippen MR) is 70.3 cm³/mol. The Hall–Kier alpha value is -0.303. The van der Waals surface area contributed by atoms with Crippen LogP contribution in [0.5, 0.6) is 0 Å². The van der Waals surface area contributed by atoms with Crippen LogP contribution < -0.4 is 0 Å². The van der Waals surface area contributed by atoms with Crippen molar-refractivity contribution >= 4 is 9.52 Å². The molecule has 0 heterocycles.